The number of rotatable bonds is 56. The first-order chi connectivity index (χ1) is 29.8. The lowest BCUT2D eigenvalue weighted by molar-refractivity contribution is 0.218. The maximum absolute atomic E-state index is 12.0. The van der Waals surface area contributed by atoms with Crippen LogP contribution in [0.3, 0.4) is 0 Å². The molecule has 0 atom stereocenters. The third-order valence-electron chi connectivity index (χ3n) is 13.4. The molecule has 0 aliphatic carbocycles. The zero-order valence-corrected chi connectivity index (χ0v) is 42.8. The molecule has 0 spiro atoms. The molecule has 0 unspecified atom stereocenters. The van der Waals surface area contributed by atoms with Crippen LogP contribution in [-0.4, -0.2) is 13.2 Å². The molecule has 360 valence electrons. The summed E-state index contributed by atoms with van der Waals surface area (Å²) in [6.45, 7) is 5.76. The first-order valence-electron chi connectivity index (χ1n) is 28.5. The van der Waals surface area contributed by atoms with Gasteiger partial charge in [0.15, 0.2) is 0 Å². The van der Waals surface area contributed by atoms with Crippen LogP contribution >= 0.6 is 8.25 Å². The Morgan fingerprint density at radius 1 is 0.200 bits per heavy atom. The summed E-state index contributed by atoms with van der Waals surface area (Å²) in [5, 5.41) is 0. The summed E-state index contributed by atoms with van der Waals surface area (Å²) in [7, 11) is -1.93. The van der Waals surface area contributed by atoms with E-state index in [9.17, 15) is 4.57 Å². The van der Waals surface area contributed by atoms with E-state index < -0.39 is 8.25 Å². The monoisotopic (exact) mass is 866 g/mol. The molecule has 0 saturated carbocycles. The van der Waals surface area contributed by atoms with E-state index in [-0.39, 0.29) is 0 Å². The highest BCUT2D eigenvalue weighted by atomic mass is 31.1. The van der Waals surface area contributed by atoms with Gasteiger partial charge in [0.05, 0.1) is 0 Å². The summed E-state index contributed by atoms with van der Waals surface area (Å²) in [5.74, 6) is 0. The van der Waals surface area contributed by atoms with Crippen LogP contribution in [0, 0.1) is 0 Å². The minimum atomic E-state index is -1.93. The van der Waals surface area contributed by atoms with Gasteiger partial charge in [-0.25, -0.2) is 0 Å². The standard InChI is InChI=1S/C56H114O3P/c1-3-5-7-9-11-13-15-17-19-21-23-25-27-29-31-33-35-37-39-41-43-45-47-49-51-53-55-58-60(57)59-56-54-52-50-48-46-44-42-40-38-36-34-32-30-28-26-24-22-20-18-16-14-12-10-8-6-4-2/h3-56H2,1-2H3/q+1. The van der Waals surface area contributed by atoms with Crippen LogP contribution < -0.4 is 0 Å². The van der Waals surface area contributed by atoms with Crippen molar-refractivity contribution in [2.75, 3.05) is 13.2 Å². The molecule has 0 amide bonds. The van der Waals surface area contributed by atoms with Gasteiger partial charge in [-0.05, 0) is 12.8 Å². The maximum Gasteiger partial charge on any atom is 0.697 e. The summed E-state index contributed by atoms with van der Waals surface area (Å²) in [5.41, 5.74) is 0. The number of unbranched alkanes of at least 4 members (excludes halogenated alkanes) is 50. The van der Waals surface area contributed by atoms with Gasteiger partial charge in [-0.1, -0.05) is 335 Å². The van der Waals surface area contributed by atoms with Crippen LogP contribution in [0.5, 0.6) is 0 Å². The molecule has 0 aliphatic rings. The molecular weight excluding hydrogens is 752 g/mol. The smallest absolute Gasteiger partial charge is 0.119 e. The van der Waals surface area contributed by atoms with E-state index in [2.05, 4.69) is 13.8 Å². The second-order valence-corrected chi connectivity index (χ2v) is 20.5. The molecule has 0 aromatic rings. The molecule has 0 aromatic heterocycles. The Hall–Kier alpha value is 0.0200. The third kappa shape index (κ3) is 56.0. The molecule has 3 nitrogen and oxygen atoms in total. The van der Waals surface area contributed by atoms with Gasteiger partial charge >= 0.3 is 8.25 Å². The molecule has 4 heteroatoms. The van der Waals surface area contributed by atoms with Gasteiger partial charge in [-0.2, -0.15) is 0 Å². The molecule has 0 heterocycles. The van der Waals surface area contributed by atoms with E-state index >= 15 is 0 Å². The largest absolute Gasteiger partial charge is 0.697 e. The fraction of sp³-hybridized carbons (Fsp3) is 1.00. The second kappa shape index (κ2) is 57.0. The highest BCUT2D eigenvalue weighted by molar-refractivity contribution is 7.33. The van der Waals surface area contributed by atoms with Gasteiger partial charge in [-0.3, -0.25) is 0 Å². The van der Waals surface area contributed by atoms with Crippen molar-refractivity contribution in [2.24, 2.45) is 0 Å². The van der Waals surface area contributed by atoms with Crippen molar-refractivity contribution in [1.29, 1.82) is 0 Å². The first kappa shape index (κ1) is 60.0. The van der Waals surface area contributed by atoms with Crippen LogP contribution in [0.4, 0.5) is 0 Å². The van der Waals surface area contributed by atoms with Gasteiger partial charge in [0.25, 0.3) is 0 Å². The topological polar surface area (TPSA) is 35.5 Å². The molecule has 0 aromatic carbocycles. The summed E-state index contributed by atoms with van der Waals surface area (Å²) in [6, 6.07) is 0. The van der Waals surface area contributed by atoms with Gasteiger partial charge in [0.1, 0.15) is 13.2 Å². The van der Waals surface area contributed by atoms with Crippen molar-refractivity contribution in [3.63, 3.8) is 0 Å². The van der Waals surface area contributed by atoms with E-state index in [0.717, 1.165) is 12.8 Å². The average Bonchev–Trinajstić information content (AvgIpc) is 3.25. The number of hydrogen-bond donors (Lipinski definition) is 0. The number of hydrogen-bond acceptors (Lipinski definition) is 3. The van der Waals surface area contributed by atoms with Crippen molar-refractivity contribution in [1.82, 2.24) is 0 Å². The van der Waals surface area contributed by atoms with Crippen LogP contribution in [-0.2, 0) is 13.6 Å². The normalized spacial score (nSPS) is 11.6. The Kier molecular flexibility index (Phi) is 57.1. The summed E-state index contributed by atoms with van der Waals surface area (Å²) >= 11 is 0. The molecule has 60 heavy (non-hydrogen) atoms. The Morgan fingerprint density at radius 3 is 0.450 bits per heavy atom. The predicted molar refractivity (Wildman–Crippen MR) is 271 cm³/mol. The molecule has 0 N–H and O–H groups in total. The molecular formula is C56H114O3P+. The lowest BCUT2D eigenvalue weighted by Gasteiger charge is -2.04. The molecule has 0 rings (SSSR count). The molecule has 0 fully saturated rings. The average molecular weight is 866 g/mol. The third-order valence-corrected chi connectivity index (χ3v) is 14.2. The van der Waals surface area contributed by atoms with Crippen LogP contribution in [0.15, 0.2) is 0 Å². The Balaban J connectivity index is 3.14. The van der Waals surface area contributed by atoms with E-state index in [1.54, 1.807) is 0 Å². The van der Waals surface area contributed by atoms with Gasteiger partial charge < -0.3 is 0 Å². The van der Waals surface area contributed by atoms with E-state index in [1.165, 1.54) is 321 Å². The van der Waals surface area contributed by atoms with E-state index in [4.69, 9.17) is 9.05 Å². The van der Waals surface area contributed by atoms with Crippen molar-refractivity contribution < 1.29 is 13.6 Å². The predicted octanol–water partition coefficient (Wildman–Crippen LogP) is 22.0. The van der Waals surface area contributed by atoms with Crippen molar-refractivity contribution in [3.05, 3.63) is 0 Å². The Morgan fingerprint density at radius 2 is 0.317 bits per heavy atom. The molecule has 0 bridgehead atoms. The highest BCUT2D eigenvalue weighted by Crippen LogP contribution is 2.25. The first-order valence-corrected chi connectivity index (χ1v) is 29.6. The fourth-order valence-corrected chi connectivity index (χ4v) is 9.78. The lowest BCUT2D eigenvalue weighted by atomic mass is 10.0. The zero-order valence-electron chi connectivity index (χ0n) is 41.9. The molecule has 0 aliphatic heterocycles. The summed E-state index contributed by atoms with van der Waals surface area (Å²) in [4.78, 5) is 0. The lowest BCUT2D eigenvalue weighted by Crippen LogP contribution is -1.92. The Bertz CT molecular complexity index is 699. The maximum atomic E-state index is 12.0. The minimum absolute atomic E-state index is 0.577. The van der Waals surface area contributed by atoms with Crippen molar-refractivity contribution >= 4 is 8.25 Å². The van der Waals surface area contributed by atoms with Gasteiger partial charge in [-0.15, -0.1) is 9.05 Å². The molecule has 0 radical (unpaired) electrons. The summed E-state index contributed by atoms with van der Waals surface area (Å²) < 4.78 is 22.9. The fourth-order valence-electron chi connectivity index (χ4n) is 9.15. The minimum Gasteiger partial charge on any atom is -0.119 e. The highest BCUT2D eigenvalue weighted by Gasteiger charge is 2.19. The van der Waals surface area contributed by atoms with Crippen LogP contribution in [0.25, 0.3) is 0 Å². The SMILES string of the molecule is CCCCCCCCCCCCCCCCCCCCCCCCCCCCO[P+](=O)OCCCCCCCCCCCCCCCCCCCCCCCCCCCC. The van der Waals surface area contributed by atoms with E-state index in [1.807, 2.05) is 0 Å². The van der Waals surface area contributed by atoms with Crippen molar-refractivity contribution in [2.45, 2.75) is 348 Å². The van der Waals surface area contributed by atoms with Crippen LogP contribution in [0.2, 0.25) is 0 Å². The van der Waals surface area contributed by atoms with Gasteiger partial charge in [0, 0.05) is 4.57 Å². The van der Waals surface area contributed by atoms with E-state index in [0.29, 0.717) is 13.2 Å². The second-order valence-electron chi connectivity index (χ2n) is 19.6. The van der Waals surface area contributed by atoms with Crippen LogP contribution in [0.1, 0.15) is 348 Å². The Labute approximate surface area is 381 Å². The summed E-state index contributed by atoms with van der Waals surface area (Å²) in [6.07, 6.45) is 73.3. The zero-order chi connectivity index (χ0) is 43.2. The molecule has 0 saturated heterocycles. The van der Waals surface area contributed by atoms with Crippen molar-refractivity contribution in [3.8, 4) is 0 Å². The quantitative estimate of drug-likeness (QED) is 0.0451. The van der Waals surface area contributed by atoms with Gasteiger partial charge in [0.2, 0.25) is 0 Å².